The lowest BCUT2D eigenvalue weighted by molar-refractivity contribution is 0.550. The van der Waals surface area contributed by atoms with Crippen molar-refractivity contribution in [2.75, 3.05) is 5.75 Å². The number of rotatable bonds is 9. The number of unbranched alkanes of at least 4 members (excludes halogenated alkanes) is 7. The SMILES string of the molecule is CCCCCCCCCCS(=O)(O)=S. The molecule has 0 amide bonds. The van der Waals surface area contributed by atoms with E-state index >= 15 is 0 Å². The highest BCUT2D eigenvalue weighted by Crippen LogP contribution is 2.08. The van der Waals surface area contributed by atoms with Gasteiger partial charge in [-0.1, -0.05) is 51.9 Å². The van der Waals surface area contributed by atoms with Crippen molar-refractivity contribution in [3.8, 4) is 0 Å². The molecule has 0 aliphatic rings. The highest BCUT2D eigenvalue weighted by molar-refractivity contribution is 8.29. The van der Waals surface area contributed by atoms with Gasteiger partial charge >= 0.3 is 0 Å². The molecule has 0 bridgehead atoms. The molecule has 2 nitrogen and oxygen atoms in total. The smallest absolute Gasteiger partial charge is 0.141 e. The number of hydrogen-bond donors (Lipinski definition) is 1. The van der Waals surface area contributed by atoms with E-state index in [-0.39, 0.29) is 5.75 Å². The van der Waals surface area contributed by atoms with Crippen LogP contribution in [0, 0.1) is 0 Å². The average Bonchev–Trinajstić information content (AvgIpc) is 2.08. The normalized spacial score (nSPS) is 15.3. The van der Waals surface area contributed by atoms with Crippen LogP contribution < -0.4 is 0 Å². The lowest BCUT2D eigenvalue weighted by Gasteiger charge is -2.01. The van der Waals surface area contributed by atoms with E-state index in [4.69, 9.17) is 4.55 Å². The lowest BCUT2D eigenvalue weighted by atomic mass is 10.1. The van der Waals surface area contributed by atoms with Crippen LogP contribution in [-0.4, -0.2) is 14.5 Å². The van der Waals surface area contributed by atoms with Crippen LogP contribution in [0.15, 0.2) is 0 Å². The van der Waals surface area contributed by atoms with Crippen LogP contribution in [-0.2, 0) is 20.0 Å². The van der Waals surface area contributed by atoms with E-state index in [9.17, 15) is 4.21 Å². The van der Waals surface area contributed by atoms with Gasteiger partial charge in [0.2, 0.25) is 0 Å². The molecule has 0 radical (unpaired) electrons. The van der Waals surface area contributed by atoms with Gasteiger partial charge in [0.25, 0.3) is 0 Å². The first-order valence-electron chi connectivity index (χ1n) is 5.51. The molecule has 0 rings (SSSR count). The maximum atomic E-state index is 10.7. The highest BCUT2D eigenvalue weighted by Gasteiger charge is 1.98. The summed E-state index contributed by atoms with van der Waals surface area (Å²) >= 11 is 4.40. The molecule has 0 aromatic carbocycles. The third-order valence-corrected chi connectivity index (χ3v) is 3.56. The first-order valence-corrected chi connectivity index (χ1v) is 8.12. The second-order valence-corrected chi connectivity index (χ2v) is 6.90. The van der Waals surface area contributed by atoms with Crippen molar-refractivity contribution in [1.82, 2.24) is 0 Å². The largest absolute Gasteiger partial charge is 0.306 e. The number of hydrogen-bond acceptors (Lipinski definition) is 2. The van der Waals surface area contributed by atoms with Crippen LogP contribution >= 0.6 is 0 Å². The molecule has 14 heavy (non-hydrogen) atoms. The minimum absolute atomic E-state index is 0.289. The molecule has 0 aromatic rings. The molecule has 0 saturated carbocycles. The fourth-order valence-electron chi connectivity index (χ4n) is 1.42. The Hall–Kier alpha value is 0.330. The van der Waals surface area contributed by atoms with Crippen molar-refractivity contribution in [3.63, 3.8) is 0 Å². The molecule has 1 atom stereocenters. The summed E-state index contributed by atoms with van der Waals surface area (Å²) in [4.78, 5) is 0. The molecule has 0 spiro atoms. The fraction of sp³-hybridized carbons (Fsp3) is 1.00. The van der Waals surface area contributed by atoms with Gasteiger partial charge < -0.3 is 4.55 Å². The Kier molecular flexibility index (Phi) is 8.83. The van der Waals surface area contributed by atoms with Gasteiger partial charge in [-0.2, -0.15) is 0 Å². The van der Waals surface area contributed by atoms with E-state index in [2.05, 4.69) is 18.1 Å². The van der Waals surface area contributed by atoms with Crippen molar-refractivity contribution in [3.05, 3.63) is 0 Å². The monoisotopic (exact) mass is 238 g/mol. The predicted molar refractivity (Wildman–Crippen MR) is 65.6 cm³/mol. The van der Waals surface area contributed by atoms with E-state index in [0.29, 0.717) is 0 Å². The van der Waals surface area contributed by atoms with Crippen molar-refractivity contribution in [2.45, 2.75) is 58.3 Å². The van der Waals surface area contributed by atoms with Gasteiger partial charge in [0.1, 0.15) is 8.77 Å². The Morgan fingerprint density at radius 2 is 1.43 bits per heavy atom. The molecule has 0 aliphatic carbocycles. The van der Waals surface area contributed by atoms with Gasteiger partial charge in [0, 0.05) is 16.9 Å². The topological polar surface area (TPSA) is 37.3 Å². The summed E-state index contributed by atoms with van der Waals surface area (Å²) in [6, 6.07) is 0. The molecule has 4 heteroatoms. The van der Waals surface area contributed by atoms with Crippen LogP contribution in [0.25, 0.3) is 0 Å². The summed E-state index contributed by atoms with van der Waals surface area (Å²) in [5.74, 6) is 0.289. The van der Waals surface area contributed by atoms with Crippen LogP contribution in [0.1, 0.15) is 58.3 Å². The zero-order valence-electron chi connectivity index (χ0n) is 9.04. The maximum absolute atomic E-state index is 10.7. The first-order chi connectivity index (χ1) is 6.56. The van der Waals surface area contributed by atoms with Gasteiger partial charge in [-0.3, -0.25) is 0 Å². The summed E-state index contributed by atoms with van der Waals surface area (Å²) in [6.07, 6.45) is 9.51. The molecular weight excluding hydrogens is 216 g/mol. The van der Waals surface area contributed by atoms with Crippen molar-refractivity contribution in [2.24, 2.45) is 0 Å². The summed E-state index contributed by atoms with van der Waals surface area (Å²) in [7, 11) is -2.89. The first kappa shape index (κ1) is 14.3. The fourth-order valence-corrected chi connectivity index (χ4v) is 2.34. The molecular formula is C10H22O2S2. The van der Waals surface area contributed by atoms with Gasteiger partial charge in [-0.05, 0) is 6.42 Å². The van der Waals surface area contributed by atoms with E-state index in [1.165, 1.54) is 38.5 Å². The van der Waals surface area contributed by atoms with E-state index in [0.717, 1.165) is 12.8 Å². The van der Waals surface area contributed by atoms with E-state index < -0.39 is 8.77 Å². The standard InChI is InChI=1S/C10H22O2S2/c1-2-3-4-5-6-7-8-9-10-14(11,12)13/h2-10H2,1H3,(H,11,12,13). The van der Waals surface area contributed by atoms with Crippen LogP contribution in [0.2, 0.25) is 0 Å². The third kappa shape index (κ3) is 12.3. The molecule has 0 fully saturated rings. The Bertz CT molecular complexity index is 210. The Balaban J connectivity index is 3.07. The lowest BCUT2D eigenvalue weighted by Crippen LogP contribution is -2.01. The van der Waals surface area contributed by atoms with Crippen LogP contribution in [0.3, 0.4) is 0 Å². The van der Waals surface area contributed by atoms with Gasteiger partial charge in [0.05, 0.1) is 0 Å². The van der Waals surface area contributed by atoms with Crippen molar-refractivity contribution < 1.29 is 8.76 Å². The zero-order valence-corrected chi connectivity index (χ0v) is 10.7. The summed E-state index contributed by atoms with van der Waals surface area (Å²) in [6.45, 7) is 2.21. The van der Waals surface area contributed by atoms with Crippen molar-refractivity contribution in [1.29, 1.82) is 0 Å². The van der Waals surface area contributed by atoms with E-state index in [1.54, 1.807) is 0 Å². The molecule has 1 N–H and O–H groups in total. The second kappa shape index (κ2) is 8.62. The van der Waals surface area contributed by atoms with Crippen molar-refractivity contribution >= 4 is 20.0 Å². The van der Waals surface area contributed by atoms with Gasteiger partial charge in [-0.25, -0.2) is 4.21 Å². The minimum atomic E-state index is -2.89. The second-order valence-electron chi connectivity index (χ2n) is 3.76. The molecule has 0 saturated heterocycles. The minimum Gasteiger partial charge on any atom is -0.306 e. The predicted octanol–water partition coefficient (Wildman–Crippen LogP) is 3.35. The Morgan fingerprint density at radius 3 is 1.86 bits per heavy atom. The van der Waals surface area contributed by atoms with E-state index in [1.807, 2.05) is 0 Å². The summed E-state index contributed by atoms with van der Waals surface area (Å²) in [5.41, 5.74) is 0. The summed E-state index contributed by atoms with van der Waals surface area (Å²) in [5, 5.41) is 0. The Morgan fingerprint density at radius 1 is 1.00 bits per heavy atom. The van der Waals surface area contributed by atoms with Crippen LogP contribution in [0.5, 0.6) is 0 Å². The average molecular weight is 238 g/mol. The third-order valence-electron chi connectivity index (χ3n) is 2.26. The summed E-state index contributed by atoms with van der Waals surface area (Å²) < 4.78 is 19.6. The molecule has 0 heterocycles. The quantitative estimate of drug-likeness (QED) is 0.626. The van der Waals surface area contributed by atoms with Crippen LogP contribution in [0.4, 0.5) is 0 Å². The maximum Gasteiger partial charge on any atom is 0.141 e. The van der Waals surface area contributed by atoms with Gasteiger partial charge in [0.15, 0.2) is 0 Å². The molecule has 86 valence electrons. The zero-order chi connectivity index (χ0) is 10.9. The Labute approximate surface area is 93.0 Å². The van der Waals surface area contributed by atoms with Gasteiger partial charge in [-0.15, -0.1) is 0 Å². The molecule has 0 aromatic heterocycles. The highest BCUT2D eigenvalue weighted by atomic mass is 32.8. The molecule has 0 aliphatic heterocycles. The molecule has 1 unspecified atom stereocenters.